The maximum atomic E-state index is 9.74. The summed E-state index contributed by atoms with van der Waals surface area (Å²) >= 11 is 14.1. The lowest BCUT2D eigenvalue weighted by Crippen LogP contribution is -2.08. The second-order valence-electron chi connectivity index (χ2n) is 5.09. The van der Waals surface area contributed by atoms with Crippen LogP contribution in [0.25, 0.3) is 11.3 Å². The number of pyridine rings is 1. The molecule has 9 heteroatoms. The first-order valence-electron chi connectivity index (χ1n) is 7.62. The second-order valence-corrected chi connectivity index (χ2v) is 7.97. The monoisotopic (exact) mass is 429 g/mol. The Balaban J connectivity index is 1.98. The topological polar surface area (TPSA) is 74.5 Å². The smallest absolute Gasteiger partial charge is 0.189 e. The summed E-state index contributed by atoms with van der Waals surface area (Å²) in [5, 5.41) is 14.4. The largest absolute Gasteiger partial charge is 0.326 e. The van der Waals surface area contributed by atoms with Gasteiger partial charge >= 0.3 is 0 Å². The van der Waals surface area contributed by atoms with Gasteiger partial charge in [0.15, 0.2) is 5.16 Å². The summed E-state index contributed by atoms with van der Waals surface area (Å²) in [6, 6.07) is 14.9. The Labute approximate surface area is 175 Å². The van der Waals surface area contributed by atoms with Crippen LogP contribution in [0.2, 0.25) is 5.02 Å². The van der Waals surface area contributed by atoms with Crippen LogP contribution in [0.5, 0.6) is 0 Å². The SMILES string of the molecule is CSc1nc(SC(=S)Nc2ccccn2)c(C#N)c(-c2cccc(Cl)c2)n1. The Morgan fingerprint density at radius 1 is 1.22 bits per heavy atom. The molecule has 3 rings (SSSR count). The van der Waals surface area contributed by atoms with Crippen molar-refractivity contribution in [3.8, 4) is 17.3 Å². The van der Waals surface area contributed by atoms with Crippen molar-refractivity contribution in [1.82, 2.24) is 15.0 Å². The summed E-state index contributed by atoms with van der Waals surface area (Å²) in [5.74, 6) is 0.628. The number of anilines is 1. The standard InChI is InChI=1S/C18H12ClN5S3/c1-26-17-23-15(11-5-4-6-12(19)9-11)13(10-20)16(24-17)27-18(25)22-14-7-2-3-8-21-14/h2-9H,1H3,(H,21,22,25). The summed E-state index contributed by atoms with van der Waals surface area (Å²) in [6.07, 6.45) is 3.55. The molecule has 1 N–H and O–H groups in total. The average molecular weight is 430 g/mol. The predicted molar refractivity (Wildman–Crippen MR) is 115 cm³/mol. The third kappa shape index (κ3) is 4.96. The maximum absolute atomic E-state index is 9.74. The number of nitrogens with one attached hydrogen (secondary N) is 1. The minimum atomic E-state index is 0.352. The van der Waals surface area contributed by atoms with Crippen molar-refractivity contribution < 1.29 is 0 Å². The van der Waals surface area contributed by atoms with Gasteiger partial charge in [0.2, 0.25) is 0 Å². The summed E-state index contributed by atoms with van der Waals surface area (Å²) in [5.41, 5.74) is 1.63. The minimum Gasteiger partial charge on any atom is -0.326 e. The van der Waals surface area contributed by atoms with Gasteiger partial charge in [-0.2, -0.15) is 5.26 Å². The van der Waals surface area contributed by atoms with E-state index in [0.717, 1.165) is 5.56 Å². The van der Waals surface area contributed by atoms with Crippen LogP contribution in [0.15, 0.2) is 58.8 Å². The molecule has 2 heterocycles. The van der Waals surface area contributed by atoms with Crippen LogP contribution in [0.1, 0.15) is 5.56 Å². The molecule has 0 atom stereocenters. The number of nitrogens with zero attached hydrogens (tertiary/aromatic N) is 4. The number of thioether (sulfide) groups is 2. The van der Waals surface area contributed by atoms with Crippen molar-refractivity contribution in [2.45, 2.75) is 10.2 Å². The van der Waals surface area contributed by atoms with Crippen molar-refractivity contribution in [2.75, 3.05) is 11.6 Å². The molecule has 0 amide bonds. The van der Waals surface area contributed by atoms with Crippen molar-refractivity contribution in [3.63, 3.8) is 0 Å². The van der Waals surface area contributed by atoms with E-state index >= 15 is 0 Å². The molecule has 0 saturated heterocycles. The first kappa shape index (κ1) is 19.6. The number of hydrogen-bond donors (Lipinski definition) is 1. The molecule has 1 aromatic carbocycles. The van der Waals surface area contributed by atoms with Crippen LogP contribution in [-0.2, 0) is 0 Å². The zero-order chi connectivity index (χ0) is 19.2. The van der Waals surface area contributed by atoms with Crippen LogP contribution in [0.4, 0.5) is 5.82 Å². The number of hydrogen-bond acceptors (Lipinski definition) is 7. The highest BCUT2D eigenvalue weighted by molar-refractivity contribution is 8.23. The van der Waals surface area contributed by atoms with Crippen LogP contribution in [-0.4, -0.2) is 25.5 Å². The van der Waals surface area contributed by atoms with E-state index in [4.69, 9.17) is 23.8 Å². The number of aromatic nitrogens is 3. The lowest BCUT2D eigenvalue weighted by molar-refractivity contribution is 0.892. The molecule has 27 heavy (non-hydrogen) atoms. The quantitative estimate of drug-likeness (QED) is 0.260. The highest BCUT2D eigenvalue weighted by atomic mass is 35.5. The minimum absolute atomic E-state index is 0.352. The Morgan fingerprint density at radius 3 is 2.74 bits per heavy atom. The van der Waals surface area contributed by atoms with Crippen LogP contribution in [0.3, 0.4) is 0 Å². The third-order valence-electron chi connectivity index (χ3n) is 3.33. The molecule has 0 bridgehead atoms. The van der Waals surface area contributed by atoms with Gasteiger partial charge in [-0.1, -0.05) is 53.8 Å². The van der Waals surface area contributed by atoms with E-state index in [1.807, 2.05) is 36.6 Å². The fourth-order valence-electron chi connectivity index (χ4n) is 2.19. The Bertz CT molecular complexity index is 1020. The molecule has 0 fully saturated rings. The van der Waals surface area contributed by atoms with E-state index in [0.29, 0.717) is 36.6 Å². The van der Waals surface area contributed by atoms with Gasteiger partial charge < -0.3 is 5.32 Å². The van der Waals surface area contributed by atoms with Crippen LogP contribution in [0, 0.1) is 11.3 Å². The van der Waals surface area contributed by atoms with Gasteiger partial charge in [0.25, 0.3) is 0 Å². The van der Waals surface area contributed by atoms with Gasteiger partial charge in [-0.3, -0.25) is 0 Å². The molecule has 0 saturated carbocycles. The molecular weight excluding hydrogens is 418 g/mol. The van der Waals surface area contributed by atoms with E-state index in [1.54, 1.807) is 18.3 Å². The predicted octanol–water partition coefficient (Wildman–Crippen LogP) is 5.27. The number of rotatable bonds is 4. The Morgan fingerprint density at radius 2 is 2.07 bits per heavy atom. The summed E-state index contributed by atoms with van der Waals surface area (Å²) < 4.78 is 0.438. The van der Waals surface area contributed by atoms with E-state index < -0.39 is 0 Å². The van der Waals surface area contributed by atoms with Crippen molar-refractivity contribution in [2.24, 2.45) is 0 Å². The molecule has 2 aromatic heterocycles. The first-order valence-corrected chi connectivity index (χ1v) is 10.5. The van der Waals surface area contributed by atoms with Crippen molar-refractivity contribution in [3.05, 3.63) is 59.2 Å². The normalized spacial score (nSPS) is 10.3. The molecule has 5 nitrogen and oxygen atoms in total. The number of nitriles is 1. The average Bonchev–Trinajstić information content (AvgIpc) is 2.68. The molecule has 0 aliphatic heterocycles. The fourth-order valence-corrected chi connectivity index (χ4v) is 3.85. The van der Waals surface area contributed by atoms with Crippen molar-refractivity contribution in [1.29, 1.82) is 5.26 Å². The molecule has 0 aliphatic rings. The number of benzene rings is 1. The van der Waals surface area contributed by atoms with Crippen LogP contribution < -0.4 is 5.32 Å². The summed E-state index contributed by atoms with van der Waals surface area (Å²) in [4.78, 5) is 13.2. The molecule has 0 radical (unpaired) electrons. The lowest BCUT2D eigenvalue weighted by Gasteiger charge is -2.11. The Kier molecular flexibility index (Phi) is 6.63. The number of halogens is 1. The van der Waals surface area contributed by atoms with Gasteiger partial charge in [0.05, 0.1) is 5.69 Å². The van der Waals surface area contributed by atoms with E-state index in [-0.39, 0.29) is 0 Å². The zero-order valence-electron chi connectivity index (χ0n) is 14.0. The van der Waals surface area contributed by atoms with E-state index in [2.05, 4.69) is 26.3 Å². The van der Waals surface area contributed by atoms with E-state index in [1.165, 1.54) is 23.5 Å². The van der Waals surface area contributed by atoms with E-state index in [9.17, 15) is 5.26 Å². The van der Waals surface area contributed by atoms with Gasteiger partial charge in [-0.25, -0.2) is 15.0 Å². The maximum Gasteiger partial charge on any atom is 0.189 e. The van der Waals surface area contributed by atoms with Gasteiger partial charge in [-0.05, 0) is 42.3 Å². The molecule has 0 spiro atoms. The van der Waals surface area contributed by atoms with Crippen molar-refractivity contribution >= 4 is 57.5 Å². The summed E-state index contributed by atoms with van der Waals surface area (Å²) in [7, 11) is 0. The Hall–Kier alpha value is -2.18. The summed E-state index contributed by atoms with van der Waals surface area (Å²) in [6.45, 7) is 0. The molecule has 3 aromatic rings. The highest BCUT2D eigenvalue weighted by Crippen LogP contribution is 2.32. The molecular formula is C18H12ClN5S3. The molecule has 134 valence electrons. The first-order chi connectivity index (χ1) is 13.1. The zero-order valence-corrected chi connectivity index (χ0v) is 17.2. The fraction of sp³-hybridized carbons (Fsp3) is 0.0556. The molecule has 0 unspecified atom stereocenters. The molecule has 0 aliphatic carbocycles. The third-order valence-corrected chi connectivity index (χ3v) is 5.24. The lowest BCUT2D eigenvalue weighted by atomic mass is 10.1. The van der Waals surface area contributed by atoms with Gasteiger partial charge in [0.1, 0.15) is 26.8 Å². The number of thiocarbonyl (C=S) groups is 1. The highest BCUT2D eigenvalue weighted by Gasteiger charge is 2.18. The second kappa shape index (κ2) is 9.15. The van der Waals surface area contributed by atoms with Gasteiger partial charge in [0, 0.05) is 16.8 Å². The van der Waals surface area contributed by atoms with Crippen LogP contribution >= 0.6 is 47.3 Å². The van der Waals surface area contributed by atoms with Gasteiger partial charge in [-0.15, -0.1) is 0 Å².